The third kappa shape index (κ3) is 4.20. The van der Waals surface area contributed by atoms with Gasteiger partial charge in [-0.3, -0.25) is 5.43 Å². The number of ether oxygens (including phenoxy) is 1. The average molecular weight is 245 g/mol. The fourth-order valence-corrected chi connectivity index (χ4v) is 1.12. The Morgan fingerprint density at radius 2 is 2.19 bits per heavy atom. The topological polar surface area (TPSA) is 73.1 Å². The lowest BCUT2D eigenvalue weighted by Crippen LogP contribution is -2.13. The molecule has 0 aliphatic heterocycles. The van der Waals surface area contributed by atoms with Crippen molar-refractivity contribution in [1.82, 2.24) is 9.97 Å². The van der Waals surface area contributed by atoms with Crippen LogP contribution in [0.3, 0.4) is 0 Å². The van der Waals surface area contributed by atoms with Gasteiger partial charge in [-0.1, -0.05) is 32.4 Å². The van der Waals surface area contributed by atoms with Gasteiger partial charge >= 0.3 is 0 Å². The molecule has 0 fully saturated rings. The molecular formula is C10H17ClN4O. The predicted octanol–water partition coefficient (Wildman–Crippen LogP) is 2.23. The number of rotatable bonds is 4. The molecule has 1 aromatic heterocycles. The summed E-state index contributed by atoms with van der Waals surface area (Å²) in [5.41, 5.74) is 2.56. The third-order valence-corrected chi connectivity index (χ3v) is 2.19. The average Bonchev–Trinajstić information content (AvgIpc) is 2.19. The normalized spacial score (nSPS) is 11.3. The van der Waals surface area contributed by atoms with Gasteiger partial charge in [0, 0.05) is 0 Å². The van der Waals surface area contributed by atoms with Gasteiger partial charge < -0.3 is 4.74 Å². The summed E-state index contributed by atoms with van der Waals surface area (Å²) in [5.74, 6) is 5.84. The Morgan fingerprint density at radius 3 is 2.75 bits per heavy atom. The van der Waals surface area contributed by atoms with E-state index in [9.17, 15) is 0 Å². The molecule has 0 radical (unpaired) electrons. The van der Waals surface area contributed by atoms with E-state index in [4.69, 9.17) is 22.2 Å². The van der Waals surface area contributed by atoms with Crippen LogP contribution in [0.25, 0.3) is 0 Å². The van der Waals surface area contributed by atoms with Gasteiger partial charge in [0.25, 0.3) is 0 Å². The van der Waals surface area contributed by atoms with E-state index < -0.39 is 0 Å². The molecule has 0 atom stereocenters. The zero-order chi connectivity index (χ0) is 12.2. The van der Waals surface area contributed by atoms with Crippen molar-refractivity contribution in [2.45, 2.75) is 27.2 Å². The molecule has 1 rings (SSSR count). The minimum atomic E-state index is 0.217. The van der Waals surface area contributed by atoms with Crippen molar-refractivity contribution in [1.29, 1.82) is 0 Å². The van der Waals surface area contributed by atoms with Gasteiger partial charge in [-0.05, 0) is 11.8 Å². The van der Waals surface area contributed by atoms with Crippen molar-refractivity contribution in [3.63, 3.8) is 0 Å². The molecule has 5 nitrogen and oxygen atoms in total. The van der Waals surface area contributed by atoms with Crippen LogP contribution < -0.4 is 16.0 Å². The highest BCUT2D eigenvalue weighted by atomic mass is 35.5. The number of nitrogen functional groups attached to an aromatic ring is 1. The maximum absolute atomic E-state index is 5.88. The van der Waals surface area contributed by atoms with Gasteiger partial charge in [0.15, 0.2) is 0 Å². The first-order valence-corrected chi connectivity index (χ1v) is 5.42. The number of nitrogens with zero attached hydrogens (tertiary/aromatic N) is 2. The van der Waals surface area contributed by atoms with Crippen LogP contribution in [0.4, 0.5) is 5.95 Å². The van der Waals surface area contributed by atoms with E-state index in [1.807, 2.05) is 0 Å². The molecule has 0 unspecified atom stereocenters. The summed E-state index contributed by atoms with van der Waals surface area (Å²) in [6.45, 7) is 6.99. The zero-order valence-electron chi connectivity index (χ0n) is 9.75. The molecule has 1 heterocycles. The van der Waals surface area contributed by atoms with E-state index in [0.29, 0.717) is 17.5 Å². The van der Waals surface area contributed by atoms with Crippen molar-refractivity contribution in [3.8, 4) is 5.88 Å². The molecule has 1 aromatic rings. The number of hydrazine groups is 1. The molecule has 0 aliphatic rings. The van der Waals surface area contributed by atoms with Gasteiger partial charge in [-0.15, -0.1) is 0 Å². The highest BCUT2D eigenvalue weighted by Crippen LogP contribution is 2.23. The Morgan fingerprint density at radius 1 is 1.50 bits per heavy atom. The molecule has 6 heteroatoms. The fourth-order valence-electron chi connectivity index (χ4n) is 0.976. The predicted molar refractivity (Wildman–Crippen MR) is 64.4 cm³/mol. The first-order chi connectivity index (χ1) is 7.42. The molecule has 3 N–H and O–H groups in total. The van der Waals surface area contributed by atoms with Crippen molar-refractivity contribution >= 4 is 17.5 Å². The van der Waals surface area contributed by atoms with E-state index >= 15 is 0 Å². The molecular weight excluding hydrogens is 228 g/mol. The molecule has 0 bridgehead atoms. The van der Waals surface area contributed by atoms with Crippen molar-refractivity contribution in [3.05, 3.63) is 11.2 Å². The monoisotopic (exact) mass is 244 g/mol. The van der Waals surface area contributed by atoms with Crippen LogP contribution in [0.2, 0.25) is 5.02 Å². The Labute approximate surface area is 100 Å². The number of halogens is 1. The van der Waals surface area contributed by atoms with Crippen LogP contribution in [0.5, 0.6) is 5.88 Å². The third-order valence-electron chi connectivity index (χ3n) is 1.93. The number of anilines is 1. The van der Waals surface area contributed by atoms with E-state index in [-0.39, 0.29) is 11.4 Å². The highest BCUT2D eigenvalue weighted by Gasteiger charge is 2.12. The number of nitrogens with one attached hydrogen (secondary N) is 1. The van der Waals surface area contributed by atoms with Crippen molar-refractivity contribution in [2.24, 2.45) is 11.3 Å². The molecule has 0 saturated heterocycles. The van der Waals surface area contributed by atoms with Gasteiger partial charge in [0.2, 0.25) is 11.8 Å². The minimum absolute atomic E-state index is 0.217. The van der Waals surface area contributed by atoms with E-state index in [2.05, 4.69) is 36.2 Å². The van der Waals surface area contributed by atoms with Gasteiger partial charge in [-0.2, -0.15) is 4.98 Å². The summed E-state index contributed by atoms with van der Waals surface area (Å²) in [4.78, 5) is 7.86. The van der Waals surface area contributed by atoms with Crippen LogP contribution >= 0.6 is 11.6 Å². The quantitative estimate of drug-likeness (QED) is 0.628. The molecule has 0 spiro atoms. The molecule has 90 valence electrons. The van der Waals surface area contributed by atoms with E-state index in [1.54, 1.807) is 0 Å². The van der Waals surface area contributed by atoms with Crippen LogP contribution in [-0.2, 0) is 0 Å². The van der Waals surface area contributed by atoms with Crippen LogP contribution in [0.1, 0.15) is 27.2 Å². The lowest BCUT2D eigenvalue weighted by molar-refractivity contribution is 0.236. The van der Waals surface area contributed by atoms with Gasteiger partial charge in [-0.25, -0.2) is 10.8 Å². The van der Waals surface area contributed by atoms with Crippen LogP contribution in [0, 0.1) is 5.41 Å². The summed E-state index contributed by atoms with van der Waals surface area (Å²) < 4.78 is 5.48. The van der Waals surface area contributed by atoms with Gasteiger partial charge in [0.05, 0.1) is 12.8 Å². The Bertz CT molecular complexity index is 351. The molecule has 0 saturated carbocycles. The minimum Gasteiger partial charge on any atom is -0.476 e. The second-order valence-corrected chi connectivity index (χ2v) is 5.06. The lowest BCUT2D eigenvalue weighted by atomic mass is 9.93. The molecule has 0 amide bonds. The number of hydrogen-bond donors (Lipinski definition) is 2. The Hall–Kier alpha value is -1.07. The summed E-state index contributed by atoms with van der Waals surface area (Å²) in [6, 6.07) is 0. The summed E-state index contributed by atoms with van der Waals surface area (Å²) in [6.07, 6.45) is 2.37. The maximum atomic E-state index is 5.88. The molecule has 0 aromatic carbocycles. The van der Waals surface area contributed by atoms with Crippen molar-refractivity contribution < 1.29 is 4.74 Å². The van der Waals surface area contributed by atoms with E-state index in [0.717, 1.165) is 6.42 Å². The van der Waals surface area contributed by atoms with Crippen molar-refractivity contribution in [2.75, 3.05) is 12.0 Å². The van der Waals surface area contributed by atoms with Crippen LogP contribution in [0.15, 0.2) is 6.20 Å². The number of aromatic nitrogens is 2. The Kier molecular flexibility index (Phi) is 4.32. The first kappa shape index (κ1) is 13.0. The lowest BCUT2D eigenvalue weighted by Gasteiger charge is -2.18. The second-order valence-electron chi connectivity index (χ2n) is 4.65. The highest BCUT2D eigenvalue weighted by molar-refractivity contribution is 6.31. The molecule has 0 aliphatic carbocycles. The SMILES string of the molecule is CC(C)(C)CCOc1nc(NN)ncc1Cl. The fraction of sp³-hybridized carbons (Fsp3) is 0.600. The summed E-state index contributed by atoms with van der Waals surface area (Å²) in [5, 5.41) is 0.382. The van der Waals surface area contributed by atoms with Gasteiger partial charge in [0.1, 0.15) is 5.02 Å². The zero-order valence-corrected chi connectivity index (χ0v) is 10.5. The standard InChI is InChI=1S/C10H17ClN4O/c1-10(2,3)4-5-16-8-7(11)6-13-9(14-8)15-12/h6H,4-5,12H2,1-3H3,(H,13,14,15). The first-order valence-electron chi connectivity index (χ1n) is 5.04. The second kappa shape index (κ2) is 5.32. The van der Waals surface area contributed by atoms with E-state index in [1.165, 1.54) is 6.20 Å². The summed E-state index contributed by atoms with van der Waals surface area (Å²) in [7, 11) is 0. The largest absolute Gasteiger partial charge is 0.476 e. The molecule has 16 heavy (non-hydrogen) atoms. The van der Waals surface area contributed by atoms with Crippen LogP contribution in [-0.4, -0.2) is 16.6 Å². The number of hydrogen-bond acceptors (Lipinski definition) is 5. The number of nitrogens with two attached hydrogens (primary N) is 1. The smallest absolute Gasteiger partial charge is 0.240 e. The Balaban J connectivity index is 2.59. The summed E-state index contributed by atoms with van der Waals surface area (Å²) >= 11 is 5.88. The maximum Gasteiger partial charge on any atom is 0.240 e.